The normalized spacial score (nSPS) is 13.3. The number of hydrogen-bond acceptors (Lipinski definition) is 3. The molecule has 0 N–H and O–H groups in total. The van der Waals surface area contributed by atoms with Gasteiger partial charge in [0.1, 0.15) is 0 Å². The highest BCUT2D eigenvalue weighted by molar-refractivity contribution is 6.29. The Morgan fingerprint density at radius 2 is 0.860 bits per heavy atom. The summed E-state index contributed by atoms with van der Waals surface area (Å²) in [5.41, 5.74) is 10.4. The molecule has 0 fully saturated rings. The summed E-state index contributed by atoms with van der Waals surface area (Å²) in [4.78, 5) is 15.3. The van der Waals surface area contributed by atoms with Gasteiger partial charge in [-0.25, -0.2) is 4.98 Å². The van der Waals surface area contributed by atoms with Crippen molar-refractivity contribution < 1.29 is 0 Å². The fraction of sp³-hybridized carbons (Fsp3) is 0.0444. The van der Waals surface area contributed by atoms with E-state index in [-0.39, 0.29) is 0 Å². The Morgan fingerprint density at radius 1 is 0.380 bits per heavy atom. The number of rotatable bonds is 5. The molecule has 0 atom stereocenters. The summed E-state index contributed by atoms with van der Waals surface area (Å²) < 4.78 is 4.68. The summed E-state index contributed by atoms with van der Waals surface area (Å²) >= 11 is 0. The molecular weight excluding hydrogens is 611 g/mol. The molecule has 0 bridgehead atoms. The zero-order chi connectivity index (χ0) is 33.0. The molecule has 5 nitrogen and oxygen atoms in total. The maximum absolute atomic E-state index is 5.14. The fourth-order valence-electron chi connectivity index (χ4n) is 7.65. The van der Waals surface area contributed by atoms with E-state index in [0.717, 1.165) is 35.0 Å². The van der Waals surface area contributed by atoms with Gasteiger partial charge in [-0.05, 0) is 54.3 Å². The lowest BCUT2D eigenvalue weighted by Gasteiger charge is -2.18. The molecular formula is C45H31N5. The van der Waals surface area contributed by atoms with Crippen molar-refractivity contribution in [1.82, 2.24) is 24.1 Å². The van der Waals surface area contributed by atoms with Crippen molar-refractivity contribution in [2.75, 3.05) is 0 Å². The first kappa shape index (κ1) is 28.4. The number of para-hydroxylation sites is 2. The lowest BCUT2D eigenvalue weighted by atomic mass is 9.96. The molecule has 0 amide bonds. The van der Waals surface area contributed by atoms with Crippen LogP contribution >= 0.6 is 0 Å². The second kappa shape index (κ2) is 11.5. The van der Waals surface area contributed by atoms with Crippen molar-refractivity contribution in [2.24, 2.45) is 0 Å². The molecule has 0 spiro atoms. The van der Waals surface area contributed by atoms with E-state index in [4.69, 9.17) is 15.0 Å². The monoisotopic (exact) mass is 641 g/mol. The van der Waals surface area contributed by atoms with Gasteiger partial charge in [-0.3, -0.25) is 4.57 Å². The van der Waals surface area contributed by atoms with Gasteiger partial charge in [0.05, 0.1) is 22.1 Å². The second-order valence-electron chi connectivity index (χ2n) is 12.8. The molecule has 236 valence electrons. The molecule has 9 aromatic rings. The van der Waals surface area contributed by atoms with Crippen molar-refractivity contribution in [3.05, 3.63) is 169 Å². The van der Waals surface area contributed by atoms with Gasteiger partial charge < -0.3 is 4.57 Å². The quantitative estimate of drug-likeness (QED) is 0.188. The van der Waals surface area contributed by atoms with E-state index >= 15 is 0 Å². The molecule has 5 heteroatoms. The third-order valence-electron chi connectivity index (χ3n) is 9.92. The molecule has 3 aromatic heterocycles. The van der Waals surface area contributed by atoms with Crippen LogP contribution in [0.4, 0.5) is 0 Å². The van der Waals surface area contributed by atoms with E-state index in [1.54, 1.807) is 0 Å². The molecule has 0 unspecified atom stereocenters. The van der Waals surface area contributed by atoms with Crippen molar-refractivity contribution in [1.29, 1.82) is 0 Å². The first-order valence-electron chi connectivity index (χ1n) is 17.1. The molecule has 1 aliphatic rings. The van der Waals surface area contributed by atoms with Crippen LogP contribution in [0.15, 0.2) is 164 Å². The highest BCUT2D eigenvalue weighted by Crippen LogP contribution is 2.43. The van der Waals surface area contributed by atoms with E-state index < -0.39 is 0 Å². The van der Waals surface area contributed by atoms with Crippen molar-refractivity contribution >= 4 is 54.9 Å². The first-order chi connectivity index (χ1) is 24.8. The number of aromatic nitrogens is 5. The third-order valence-corrected chi connectivity index (χ3v) is 9.92. The zero-order valence-electron chi connectivity index (χ0n) is 27.2. The molecule has 0 radical (unpaired) electrons. The maximum atomic E-state index is 5.14. The van der Waals surface area contributed by atoms with Crippen LogP contribution in [-0.4, -0.2) is 24.1 Å². The molecule has 50 heavy (non-hydrogen) atoms. The summed E-state index contributed by atoms with van der Waals surface area (Å²) in [6.07, 6.45) is 6.57. The minimum absolute atomic E-state index is 0.598. The minimum atomic E-state index is 0.598. The Balaban J connectivity index is 1.25. The summed E-state index contributed by atoms with van der Waals surface area (Å²) in [6.45, 7) is 0. The van der Waals surface area contributed by atoms with E-state index in [2.05, 4.69) is 137 Å². The van der Waals surface area contributed by atoms with Gasteiger partial charge in [-0.15, -0.1) is 0 Å². The van der Waals surface area contributed by atoms with Crippen LogP contribution in [0, 0.1) is 0 Å². The second-order valence-corrected chi connectivity index (χ2v) is 12.8. The van der Waals surface area contributed by atoms with Gasteiger partial charge in [0, 0.05) is 38.4 Å². The van der Waals surface area contributed by atoms with Crippen LogP contribution in [0.2, 0.25) is 0 Å². The summed E-state index contributed by atoms with van der Waals surface area (Å²) in [5.74, 6) is 1.89. The number of fused-ring (bicyclic) bond motifs is 7. The Hall–Kier alpha value is -6.59. The van der Waals surface area contributed by atoms with E-state index in [1.807, 2.05) is 36.4 Å². The smallest absolute Gasteiger partial charge is 0.238 e. The van der Waals surface area contributed by atoms with Crippen LogP contribution in [0.25, 0.3) is 83.6 Å². The predicted octanol–water partition coefficient (Wildman–Crippen LogP) is 11.1. The average molecular weight is 642 g/mol. The average Bonchev–Trinajstić information content (AvgIpc) is 3.72. The van der Waals surface area contributed by atoms with Gasteiger partial charge in [0.2, 0.25) is 5.95 Å². The number of allylic oxidation sites excluding steroid dienone is 4. The van der Waals surface area contributed by atoms with Crippen LogP contribution in [0.1, 0.15) is 18.4 Å². The Bertz CT molecular complexity index is 2730. The number of nitrogens with zero attached hydrogens (tertiary/aromatic N) is 5. The molecule has 6 aromatic carbocycles. The van der Waals surface area contributed by atoms with E-state index in [9.17, 15) is 0 Å². The number of hydrogen-bond donors (Lipinski definition) is 0. The molecule has 0 aliphatic heterocycles. The molecule has 0 saturated heterocycles. The Labute approximate surface area is 289 Å². The molecule has 10 rings (SSSR count). The molecule has 0 saturated carbocycles. The fourth-order valence-corrected chi connectivity index (χ4v) is 7.65. The highest BCUT2D eigenvalue weighted by atomic mass is 15.2. The number of benzene rings is 6. The van der Waals surface area contributed by atoms with Crippen LogP contribution < -0.4 is 0 Å². The lowest BCUT2D eigenvalue weighted by molar-refractivity contribution is 0.953. The van der Waals surface area contributed by atoms with Crippen molar-refractivity contribution in [3.63, 3.8) is 0 Å². The van der Waals surface area contributed by atoms with Crippen molar-refractivity contribution in [3.8, 4) is 28.7 Å². The SMILES string of the molecule is C1=C(c2ccccc2)CCC(n2c3ccccc3c3c4c5ccccc5n(-c5nc(-c6ccccc6)nc(-c6ccccc6)n5)c4ccc32)=C1. The van der Waals surface area contributed by atoms with Crippen LogP contribution in [0.3, 0.4) is 0 Å². The van der Waals surface area contributed by atoms with Crippen LogP contribution in [-0.2, 0) is 0 Å². The standard InChI is InChI=1S/C45H31N5/c1-4-14-30(15-5-1)31-24-26-34(27-25-31)49-37-22-12-10-20-35(37)41-39(49)28-29-40-42(41)36-21-11-13-23-38(36)50(40)45-47-43(32-16-6-2-7-17-32)46-44(48-45)33-18-8-3-9-19-33/h1-24,26,28-29H,25,27H2. The lowest BCUT2D eigenvalue weighted by Crippen LogP contribution is -2.06. The van der Waals surface area contributed by atoms with Gasteiger partial charge in [-0.1, -0.05) is 133 Å². The molecule has 1 aliphatic carbocycles. The summed E-state index contributed by atoms with van der Waals surface area (Å²) in [7, 11) is 0. The Kier molecular flexibility index (Phi) is 6.56. The highest BCUT2D eigenvalue weighted by Gasteiger charge is 2.23. The summed E-state index contributed by atoms with van der Waals surface area (Å²) in [6, 6.07) is 53.0. The predicted molar refractivity (Wildman–Crippen MR) is 206 cm³/mol. The van der Waals surface area contributed by atoms with Gasteiger partial charge >= 0.3 is 0 Å². The van der Waals surface area contributed by atoms with Gasteiger partial charge in [0.15, 0.2) is 11.6 Å². The Morgan fingerprint density at radius 3 is 1.40 bits per heavy atom. The summed E-state index contributed by atoms with van der Waals surface area (Å²) in [5, 5.41) is 4.85. The zero-order valence-corrected chi connectivity index (χ0v) is 27.2. The van der Waals surface area contributed by atoms with Crippen LogP contribution in [0.5, 0.6) is 0 Å². The largest absolute Gasteiger partial charge is 0.313 e. The minimum Gasteiger partial charge on any atom is -0.313 e. The van der Waals surface area contributed by atoms with Gasteiger partial charge in [0.25, 0.3) is 0 Å². The molecule has 3 heterocycles. The maximum Gasteiger partial charge on any atom is 0.238 e. The van der Waals surface area contributed by atoms with E-state index in [0.29, 0.717) is 17.6 Å². The van der Waals surface area contributed by atoms with Gasteiger partial charge in [-0.2, -0.15) is 9.97 Å². The topological polar surface area (TPSA) is 48.5 Å². The third kappa shape index (κ3) is 4.51. The van der Waals surface area contributed by atoms with Crippen molar-refractivity contribution in [2.45, 2.75) is 12.8 Å². The van der Waals surface area contributed by atoms with E-state index in [1.165, 1.54) is 49.4 Å². The first-order valence-corrected chi connectivity index (χ1v) is 17.1.